The quantitative estimate of drug-likeness (QED) is 0.801. The fourth-order valence-electron chi connectivity index (χ4n) is 1.91. The van der Waals surface area contributed by atoms with E-state index in [4.69, 9.17) is 5.73 Å². The van der Waals surface area contributed by atoms with Crippen LogP contribution in [0.25, 0.3) is 0 Å². The predicted molar refractivity (Wildman–Crippen MR) is 55.0 cm³/mol. The van der Waals surface area contributed by atoms with Gasteiger partial charge in [0.2, 0.25) is 0 Å². The molecule has 15 heavy (non-hydrogen) atoms. The summed E-state index contributed by atoms with van der Waals surface area (Å²) in [6, 6.07) is -0.304. The van der Waals surface area contributed by atoms with Crippen LogP contribution in [0.4, 0.5) is 4.39 Å². The number of halogens is 1. The topological polar surface area (TPSA) is 56.7 Å². The molecule has 84 valence electrons. The average Bonchev–Trinajstić information content (AvgIpc) is 2.45. The van der Waals surface area contributed by atoms with Crippen molar-refractivity contribution in [1.82, 2.24) is 14.8 Å². The Bertz CT molecular complexity index is 347. The Labute approximate surface area is 88.7 Å². The normalized spacial score (nSPS) is 25.7. The Hall–Kier alpha value is -0.970. The molecule has 1 aromatic heterocycles. The molecule has 4 nitrogen and oxygen atoms in total. The van der Waals surface area contributed by atoms with E-state index in [1.165, 1.54) is 0 Å². The van der Waals surface area contributed by atoms with Crippen molar-refractivity contribution in [1.29, 1.82) is 0 Å². The minimum Gasteiger partial charge on any atom is -0.321 e. The van der Waals surface area contributed by atoms with Gasteiger partial charge in [0, 0.05) is 12.8 Å². The Morgan fingerprint density at radius 1 is 1.60 bits per heavy atom. The van der Waals surface area contributed by atoms with Gasteiger partial charge in [0.15, 0.2) is 5.82 Å². The maximum absolute atomic E-state index is 13.2. The number of rotatable bonds is 2. The molecule has 0 radical (unpaired) electrons. The van der Waals surface area contributed by atoms with Gasteiger partial charge in [-0.2, -0.15) is 5.10 Å². The molecule has 0 spiro atoms. The summed E-state index contributed by atoms with van der Waals surface area (Å²) in [5.74, 6) is 2.02. The lowest BCUT2D eigenvalue weighted by molar-refractivity contribution is 0.219. The van der Waals surface area contributed by atoms with Gasteiger partial charge in [-0.05, 0) is 5.92 Å². The Balaban J connectivity index is 2.23. The van der Waals surface area contributed by atoms with Crippen LogP contribution >= 0.6 is 0 Å². The highest BCUT2D eigenvalue weighted by Crippen LogP contribution is 2.23. The average molecular weight is 212 g/mol. The summed E-state index contributed by atoms with van der Waals surface area (Å²) < 4.78 is 14.8. The summed E-state index contributed by atoms with van der Waals surface area (Å²) in [4.78, 5) is 4.37. The number of hydrogen-bond donors (Lipinski definition) is 1. The van der Waals surface area contributed by atoms with Crippen LogP contribution in [-0.4, -0.2) is 20.9 Å². The molecule has 0 saturated heterocycles. The molecule has 1 aliphatic heterocycles. The third-order valence-corrected chi connectivity index (χ3v) is 2.55. The van der Waals surface area contributed by atoms with Crippen LogP contribution in [0.15, 0.2) is 0 Å². The minimum atomic E-state index is -0.888. The van der Waals surface area contributed by atoms with Crippen LogP contribution in [0.1, 0.15) is 38.0 Å². The summed E-state index contributed by atoms with van der Waals surface area (Å²) in [6.07, 6.45) is 0.296. The van der Waals surface area contributed by atoms with E-state index in [1.54, 1.807) is 4.68 Å². The first-order chi connectivity index (χ1) is 7.06. The van der Waals surface area contributed by atoms with E-state index >= 15 is 0 Å². The van der Waals surface area contributed by atoms with Gasteiger partial charge in [-0.3, -0.25) is 0 Å². The molecule has 2 rings (SSSR count). The van der Waals surface area contributed by atoms with Crippen LogP contribution in [0, 0.1) is 5.92 Å². The van der Waals surface area contributed by atoms with Crippen LogP contribution in [-0.2, 0) is 13.0 Å². The molecule has 1 aromatic rings. The lowest BCUT2D eigenvalue weighted by atomic mass is 10.1. The first-order valence-corrected chi connectivity index (χ1v) is 5.39. The predicted octanol–water partition coefficient (Wildman–Crippen LogP) is 1.22. The fourth-order valence-corrected chi connectivity index (χ4v) is 1.91. The third kappa shape index (κ3) is 2.17. The van der Waals surface area contributed by atoms with E-state index in [1.807, 2.05) is 0 Å². The molecular weight excluding hydrogens is 195 g/mol. The largest absolute Gasteiger partial charge is 0.321 e. The lowest BCUT2D eigenvalue weighted by Crippen LogP contribution is -2.30. The van der Waals surface area contributed by atoms with Crippen LogP contribution in [0.3, 0.4) is 0 Å². The van der Waals surface area contributed by atoms with Crippen molar-refractivity contribution in [3.8, 4) is 0 Å². The second-order valence-electron chi connectivity index (χ2n) is 4.61. The van der Waals surface area contributed by atoms with Gasteiger partial charge in [-0.25, -0.2) is 14.1 Å². The van der Waals surface area contributed by atoms with E-state index in [0.717, 1.165) is 18.1 Å². The summed E-state index contributed by atoms with van der Waals surface area (Å²) >= 11 is 0. The van der Waals surface area contributed by atoms with Crippen LogP contribution in [0.2, 0.25) is 0 Å². The van der Waals surface area contributed by atoms with Crippen molar-refractivity contribution in [3.63, 3.8) is 0 Å². The summed E-state index contributed by atoms with van der Waals surface area (Å²) in [6.45, 7) is 4.52. The van der Waals surface area contributed by atoms with Crippen molar-refractivity contribution in [2.75, 3.05) is 0 Å². The van der Waals surface area contributed by atoms with Gasteiger partial charge in [0.1, 0.15) is 12.0 Å². The molecule has 2 atom stereocenters. The number of hydrogen-bond acceptors (Lipinski definition) is 3. The molecule has 0 saturated carbocycles. The first-order valence-electron chi connectivity index (χ1n) is 5.39. The van der Waals surface area contributed by atoms with E-state index < -0.39 is 6.17 Å². The standard InChI is InChI=1S/C10H17FN4/c1-6(2)3-9-13-10-8(12)4-7(11)5-15(10)14-9/h6-8H,3-5,12H2,1-2H3. The Morgan fingerprint density at radius 2 is 2.33 bits per heavy atom. The van der Waals surface area contributed by atoms with E-state index in [2.05, 4.69) is 23.9 Å². The monoisotopic (exact) mass is 212 g/mol. The van der Waals surface area contributed by atoms with Crippen molar-refractivity contribution >= 4 is 0 Å². The second-order valence-corrected chi connectivity index (χ2v) is 4.61. The molecule has 0 fully saturated rings. The van der Waals surface area contributed by atoms with Crippen molar-refractivity contribution in [2.45, 2.75) is 45.4 Å². The van der Waals surface area contributed by atoms with Crippen molar-refractivity contribution in [3.05, 3.63) is 11.6 Å². The first kappa shape index (κ1) is 10.5. The molecule has 2 N–H and O–H groups in total. The van der Waals surface area contributed by atoms with Crippen molar-refractivity contribution < 1.29 is 4.39 Å². The molecule has 2 heterocycles. The van der Waals surface area contributed by atoms with E-state index in [9.17, 15) is 4.39 Å². The maximum atomic E-state index is 13.2. The van der Waals surface area contributed by atoms with E-state index in [-0.39, 0.29) is 6.04 Å². The molecule has 2 unspecified atom stereocenters. The Kier molecular flexibility index (Phi) is 2.73. The highest BCUT2D eigenvalue weighted by atomic mass is 19.1. The molecular formula is C10H17FN4. The SMILES string of the molecule is CC(C)Cc1nc2n(n1)CC(F)CC2N. The fraction of sp³-hybridized carbons (Fsp3) is 0.800. The molecule has 0 amide bonds. The lowest BCUT2D eigenvalue weighted by Gasteiger charge is -2.21. The maximum Gasteiger partial charge on any atom is 0.151 e. The van der Waals surface area contributed by atoms with E-state index in [0.29, 0.717) is 18.9 Å². The number of nitrogens with two attached hydrogens (primary N) is 1. The van der Waals surface area contributed by atoms with Crippen molar-refractivity contribution in [2.24, 2.45) is 11.7 Å². The molecule has 0 aromatic carbocycles. The summed E-state index contributed by atoms with van der Waals surface area (Å²) in [5.41, 5.74) is 5.82. The molecule has 0 aliphatic carbocycles. The number of aromatic nitrogens is 3. The second kappa shape index (κ2) is 3.89. The smallest absolute Gasteiger partial charge is 0.151 e. The summed E-state index contributed by atoms with van der Waals surface area (Å²) in [5, 5.41) is 4.28. The molecule has 1 aliphatic rings. The summed E-state index contributed by atoms with van der Waals surface area (Å²) in [7, 11) is 0. The number of nitrogens with zero attached hydrogens (tertiary/aromatic N) is 3. The minimum absolute atomic E-state index is 0.300. The zero-order chi connectivity index (χ0) is 11.0. The van der Waals surface area contributed by atoms with Crippen LogP contribution in [0.5, 0.6) is 0 Å². The van der Waals surface area contributed by atoms with Crippen LogP contribution < -0.4 is 5.73 Å². The van der Waals surface area contributed by atoms with Gasteiger partial charge in [-0.1, -0.05) is 13.8 Å². The highest BCUT2D eigenvalue weighted by molar-refractivity contribution is 5.03. The van der Waals surface area contributed by atoms with Gasteiger partial charge in [-0.15, -0.1) is 0 Å². The number of alkyl halides is 1. The van der Waals surface area contributed by atoms with Gasteiger partial charge < -0.3 is 5.73 Å². The van der Waals surface area contributed by atoms with Gasteiger partial charge in [0.25, 0.3) is 0 Å². The number of fused-ring (bicyclic) bond motifs is 1. The zero-order valence-electron chi connectivity index (χ0n) is 9.15. The van der Waals surface area contributed by atoms with Gasteiger partial charge >= 0.3 is 0 Å². The zero-order valence-corrected chi connectivity index (χ0v) is 9.15. The Morgan fingerprint density at radius 3 is 3.00 bits per heavy atom. The third-order valence-electron chi connectivity index (χ3n) is 2.55. The molecule has 0 bridgehead atoms. The van der Waals surface area contributed by atoms with Gasteiger partial charge in [0.05, 0.1) is 12.6 Å². The highest BCUT2D eigenvalue weighted by Gasteiger charge is 2.27. The molecule has 5 heteroatoms.